The number of amides is 1. The molecule has 1 atom stereocenters. The Morgan fingerprint density at radius 1 is 1.12 bits per heavy atom. The maximum atomic E-state index is 13.1. The van der Waals surface area contributed by atoms with Crippen molar-refractivity contribution in [3.05, 3.63) is 59.4 Å². The second-order valence-corrected chi connectivity index (χ2v) is 8.16. The Labute approximate surface area is 198 Å². The van der Waals surface area contributed by atoms with Gasteiger partial charge in [-0.15, -0.1) is 0 Å². The second-order valence-electron chi connectivity index (χ2n) is 8.16. The van der Waals surface area contributed by atoms with Crippen molar-refractivity contribution < 1.29 is 28.9 Å². The summed E-state index contributed by atoms with van der Waals surface area (Å²) in [4.78, 5) is 34.2. The first kappa shape index (κ1) is 23.7. The van der Waals surface area contributed by atoms with Gasteiger partial charge in [-0.3, -0.25) is 19.5 Å². The summed E-state index contributed by atoms with van der Waals surface area (Å²) in [5.41, 5.74) is 1.06. The van der Waals surface area contributed by atoms with Crippen molar-refractivity contribution in [1.82, 2.24) is 14.8 Å². The molecule has 9 nitrogen and oxygen atoms in total. The summed E-state index contributed by atoms with van der Waals surface area (Å²) in [6, 6.07) is 7.68. The van der Waals surface area contributed by atoms with Gasteiger partial charge in [0.1, 0.15) is 5.76 Å². The van der Waals surface area contributed by atoms with Gasteiger partial charge in [0, 0.05) is 44.1 Å². The molecule has 0 radical (unpaired) electrons. The number of benzene rings is 1. The van der Waals surface area contributed by atoms with Crippen LogP contribution in [0.4, 0.5) is 0 Å². The maximum absolute atomic E-state index is 13.1. The molecule has 180 valence electrons. The van der Waals surface area contributed by atoms with Crippen molar-refractivity contribution >= 4 is 17.4 Å². The number of Topliss-reactive ketones (excluding diaryl/α,β-unsaturated/α-hetero) is 1. The van der Waals surface area contributed by atoms with Gasteiger partial charge in [-0.2, -0.15) is 0 Å². The van der Waals surface area contributed by atoms with E-state index in [0.717, 1.165) is 19.6 Å². The number of hydrogen-bond acceptors (Lipinski definition) is 8. The number of carbonyl (C=O) groups excluding carboxylic acids is 2. The summed E-state index contributed by atoms with van der Waals surface area (Å²) in [5, 5.41) is 11.2. The van der Waals surface area contributed by atoms with Crippen LogP contribution < -0.4 is 9.47 Å². The third kappa shape index (κ3) is 4.76. The van der Waals surface area contributed by atoms with Gasteiger partial charge in [-0.1, -0.05) is 6.07 Å². The van der Waals surface area contributed by atoms with Gasteiger partial charge in [-0.25, -0.2) is 0 Å². The van der Waals surface area contributed by atoms with Gasteiger partial charge in [0.05, 0.1) is 39.0 Å². The van der Waals surface area contributed by atoms with Crippen molar-refractivity contribution in [2.24, 2.45) is 0 Å². The van der Waals surface area contributed by atoms with Crippen LogP contribution in [0.25, 0.3) is 5.76 Å². The number of aliphatic hydroxyl groups is 1. The van der Waals surface area contributed by atoms with Crippen LogP contribution >= 0.6 is 0 Å². The minimum atomic E-state index is -0.730. The number of ketones is 1. The lowest BCUT2D eigenvalue weighted by molar-refractivity contribution is -0.140. The molecular formula is C25H29N3O6. The molecular weight excluding hydrogens is 438 g/mol. The van der Waals surface area contributed by atoms with Crippen LogP contribution in [0.15, 0.2) is 48.3 Å². The molecule has 2 aliphatic heterocycles. The smallest absolute Gasteiger partial charge is 0.295 e. The number of hydrogen-bond donors (Lipinski definition) is 1. The van der Waals surface area contributed by atoms with Crippen LogP contribution in [0.3, 0.4) is 0 Å². The molecule has 2 aliphatic rings. The van der Waals surface area contributed by atoms with Crippen molar-refractivity contribution in [2.45, 2.75) is 12.5 Å². The second kappa shape index (κ2) is 10.7. The molecule has 2 saturated heterocycles. The summed E-state index contributed by atoms with van der Waals surface area (Å²) in [6.07, 6.45) is 3.94. The minimum Gasteiger partial charge on any atom is -0.507 e. The Balaban J connectivity index is 1.67. The van der Waals surface area contributed by atoms with E-state index in [9.17, 15) is 14.7 Å². The van der Waals surface area contributed by atoms with Crippen LogP contribution in [0.5, 0.6) is 11.5 Å². The average molecular weight is 468 g/mol. The summed E-state index contributed by atoms with van der Waals surface area (Å²) in [5.74, 6) is -0.704. The number of aliphatic hydroxyl groups excluding tert-OH is 1. The van der Waals surface area contributed by atoms with E-state index in [-0.39, 0.29) is 11.3 Å². The Morgan fingerprint density at radius 3 is 2.56 bits per heavy atom. The number of likely N-dealkylation sites (tertiary alicyclic amines) is 1. The van der Waals surface area contributed by atoms with Crippen molar-refractivity contribution in [2.75, 3.05) is 53.6 Å². The SMILES string of the molecule is COc1ccc(/C(O)=C2\C(=O)C(=O)N(CCCN3CCOCC3)[C@H]2c2cccnc2)cc1OC. The lowest BCUT2D eigenvalue weighted by atomic mass is 9.96. The van der Waals surface area contributed by atoms with Crippen LogP contribution in [-0.2, 0) is 14.3 Å². The highest BCUT2D eigenvalue weighted by Crippen LogP contribution is 2.40. The topological polar surface area (TPSA) is 101 Å². The number of carbonyl (C=O) groups is 2. The van der Waals surface area contributed by atoms with E-state index in [1.807, 2.05) is 0 Å². The molecule has 1 aromatic heterocycles. The van der Waals surface area contributed by atoms with Crippen LogP contribution in [0.1, 0.15) is 23.6 Å². The average Bonchev–Trinajstić information content (AvgIpc) is 3.14. The molecule has 2 aromatic rings. The normalized spacial score (nSPS) is 20.5. The number of ether oxygens (including phenoxy) is 3. The fourth-order valence-corrected chi connectivity index (χ4v) is 4.42. The highest BCUT2D eigenvalue weighted by Gasteiger charge is 2.46. The summed E-state index contributed by atoms with van der Waals surface area (Å²) >= 11 is 0. The molecule has 3 heterocycles. The van der Waals surface area contributed by atoms with E-state index >= 15 is 0 Å². The summed E-state index contributed by atoms with van der Waals surface area (Å²) in [7, 11) is 3.01. The minimum absolute atomic E-state index is 0.0385. The molecule has 4 rings (SSSR count). The van der Waals surface area contributed by atoms with Gasteiger partial charge >= 0.3 is 0 Å². The van der Waals surface area contributed by atoms with Crippen LogP contribution in [-0.4, -0.2) is 85.2 Å². The zero-order valence-electron chi connectivity index (χ0n) is 19.4. The van der Waals surface area contributed by atoms with E-state index in [4.69, 9.17) is 14.2 Å². The van der Waals surface area contributed by atoms with Gasteiger partial charge in [0.2, 0.25) is 0 Å². The Bertz CT molecular complexity index is 1070. The largest absolute Gasteiger partial charge is 0.507 e. The predicted octanol–water partition coefficient (Wildman–Crippen LogP) is 2.24. The molecule has 1 amide bonds. The predicted molar refractivity (Wildman–Crippen MR) is 125 cm³/mol. The lowest BCUT2D eigenvalue weighted by Crippen LogP contribution is -2.39. The number of aromatic nitrogens is 1. The summed E-state index contributed by atoms with van der Waals surface area (Å²) < 4.78 is 16.0. The number of nitrogens with zero attached hydrogens (tertiary/aromatic N) is 3. The molecule has 1 N–H and O–H groups in total. The zero-order valence-corrected chi connectivity index (χ0v) is 19.4. The molecule has 0 spiro atoms. The summed E-state index contributed by atoms with van der Waals surface area (Å²) in [6.45, 7) is 4.28. The lowest BCUT2D eigenvalue weighted by Gasteiger charge is -2.29. The first-order chi connectivity index (χ1) is 16.5. The Hall–Kier alpha value is -3.43. The Kier molecular flexibility index (Phi) is 7.44. The van der Waals surface area contributed by atoms with E-state index < -0.39 is 17.7 Å². The van der Waals surface area contributed by atoms with E-state index in [2.05, 4.69) is 9.88 Å². The number of morpholine rings is 1. The fourth-order valence-electron chi connectivity index (χ4n) is 4.42. The van der Waals surface area contributed by atoms with Gasteiger partial charge in [-0.05, 0) is 36.2 Å². The standard InChI is InChI=1S/C25H29N3O6/c1-32-19-7-6-17(15-20(19)33-2)23(29)21-22(18-5-3-8-26-16-18)28(25(31)24(21)30)10-4-9-27-11-13-34-14-12-27/h3,5-8,15-16,22,29H,4,9-14H2,1-2H3/b23-21+/t22-/m0/s1. The molecule has 34 heavy (non-hydrogen) atoms. The quantitative estimate of drug-likeness (QED) is 0.358. The first-order valence-electron chi connectivity index (χ1n) is 11.3. The highest BCUT2D eigenvalue weighted by molar-refractivity contribution is 6.46. The van der Waals surface area contributed by atoms with E-state index in [0.29, 0.717) is 48.8 Å². The number of pyridine rings is 1. The van der Waals surface area contributed by atoms with Crippen molar-refractivity contribution in [1.29, 1.82) is 0 Å². The molecule has 0 unspecified atom stereocenters. The molecule has 9 heteroatoms. The highest BCUT2D eigenvalue weighted by atomic mass is 16.5. The number of methoxy groups -OCH3 is 2. The van der Waals surface area contributed by atoms with Gasteiger partial charge in [0.25, 0.3) is 11.7 Å². The van der Waals surface area contributed by atoms with Crippen LogP contribution in [0, 0.1) is 0 Å². The zero-order chi connectivity index (χ0) is 24.1. The maximum Gasteiger partial charge on any atom is 0.295 e. The van der Waals surface area contributed by atoms with Crippen LogP contribution in [0.2, 0.25) is 0 Å². The molecule has 0 aliphatic carbocycles. The van der Waals surface area contributed by atoms with E-state index in [1.165, 1.54) is 19.1 Å². The van der Waals surface area contributed by atoms with Gasteiger partial charge in [0.15, 0.2) is 11.5 Å². The number of rotatable bonds is 8. The molecule has 2 fully saturated rings. The van der Waals surface area contributed by atoms with Crippen molar-refractivity contribution in [3.8, 4) is 11.5 Å². The fraction of sp³-hybridized carbons (Fsp3) is 0.400. The monoisotopic (exact) mass is 467 g/mol. The molecule has 0 bridgehead atoms. The van der Waals surface area contributed by atoms with Crippen molar-refractivity contribution in [3.63, 3.8) is 0 Å². The molecule has 1 aromatic carbocycles. The first-order valence-corrected chi connectivity index (χ1v) is 11.3. The van der Waals surface area contributed by atoms with E-state index in [1.54, 1.807) is 42.7 Å². The third-order valence-corrected chi connectivity index (χ3v) is 6.17. The molecule has 0 saturated carbocycles. The third-order valence-electron chi connectivity index (χ3n) is 6.17. The van der Waals surface area contributed by atoms with Gasteiger partial charge < -0.3 is 24.2 Å². The Morgan fingerprint density at radius 2 is 1.88 bits per heavy atom.